The van der Waals surface area contributed by atoms with Crippen molar-refractivity contribution in [3.63, 3.8) is 0 Å². The van der Waals surface area contributed by atoms with Gasteiger partial charge in [0.1, 0.15) is 0 Å². The Hall–Kier alpha value is -2.98. The summed E-state index contributed by atoms with van der Waals surface area (Å²) < 4.78 is 1.68. The fourth-order valence-electron chi connectivity index (χ4n) is 3.53. The van der Waals surface area contributed by atoms with E-state index in [0.29, 0.717) is 11.9 Å². The van der Waals surface area contributed by atoms with Crippen molar-refractivity contribution in [2.45, 2.75) is 25.6 Å². The van der Waals surface area contributed by atoms with E-state index in [2.05, 4.69) is 66.3 Å². The van der Waals surface area contributed by atoms with Crippen LogP contribution >= 0.6 is 0 Å². The summed E-state index contributed by atoms with van der Waals surface area (Å²) >= 11 is 0. The van der Waals surface area contributed by atoms with E-state index in [1.165, 1.54) is 5.56 Å². The van der Waals surface area contributed by atoms with E-state index in [0.717, 1.165) is 17.6 Å². The van der Waals surface area contributed by atoms with Gasteiger partial charge >= 0.3 is 0 Å². The molecule has 1 aliphatic rings. The molecule has 4 rings (SSSR count). The van der Waals surface area contributed by atoms with E-state index in [1.54, 1.807) is 10.9 Å². The predicted molar refractivity (Wildman–Crippen MR) is 110 cm³/mol. The van der Waals surface area contributed by atoms with Crippen LogP contribution in [0.1, 0.15) is 12.5 Å². The summed E-state index contributed by atoms with van der Waals surface area (Å²) in [4.78, 5) is 19.4. The zero-order valence-electron chi connectivity index (χ0n) is 15.7. The van der Waals surface area contributed by atoms with Crippen molar-refractivity contribution >= 4 is 10.9 Å². The molecule has 4 nitrogen and oxygen atoms in total. The van der Waals surface area contributed by atoms with Gasteiger partial charge in [0.2, 0.25) is 0 Å². The van der Waals surface area contributed by atoms with Gasteiger partial charge in [-0.25, -0.2) is 4.98 Å². The summed E-state index contributed by atoms with van der Waals surface area (Å²) in [5, 5.41) is 0.659. The highest BCUT2D eigenvalue weighted by Crippen LogP contribution is 2.28. The third-order valence-electron chi connectivity index (χ3n) is 5.28. The molecule has 4 heteroatoms. The van der Waals surface area contributed by atoms with Crippen molar-refractivity contribution in [1.29, 1.82) is 0 Å². The molecule has 0 N–H and O–H groups in total. The molecule has 136 valence electrons. The van der Waals surface area contributed by atoms with Gasteiger partial charge in [-0.2, -0.15) is 0 Å². The zero-order chi connectivity index (χ0) is 18.9. The molecule has 0 amide bonds. The maximum absolute atomic E-state index is 12.7. The summed E-state index contributed by atoms with van der Waals surface area (Å²) in [6.45, 7) is 3.59. The second kappa shape index (κ2) is 6.97. The van der Waals surface area contributed by atoms with Gasteiger partial charge in [-0.1, -0.05) is 60.7 Å². The zero-order valence-corrected chi connectivity index (χ0v) is 15.7. The highest BCUT2D eigenvalue weighted by molar-refractivity contribution is 5.76. The number of rotatable bonds is 5. The standard InChI is InChI=1S/C23H23N3O/c1-23(25(2)15-18-8-4-3-5-9-18)13-12-19(14-23)16-26-17-24-21-11-7-6-10-20(21)22(26)27/h3-14,17H,15-16H2,1-2H3. The second-order valence-corrected chi connectivity index (χ2v) is 7.31. The fourth-order valence-corrected chi connectivity index (χ4v) is 3.53. The lowest BCUT2D eigenvalue weighted by atomic mass is 10.0. The van der Waals surface area contributed by atoms with Gasteiger partial charge in [0.25, 0.3) is 5.56 Å². The summed E-state index contributed by atoms with van der Waals surface area (Å²) in [5.74, 6) is 0. The minimum Gasteiger partial charge on any atom is -0.294 e. The normalized spacial score (nSPS) is 19.0. The molecule has 2 aromatic carbocycles. The molecule has 0 fully saturated rings. The van der Waals surface area contributed by atoms with Crippen molar-refractivity contribution in [2.75, 3.05) is 7.05 Å². The van der Waals surface area contributed by atoms with Gasteiger partial charge in [0.05, 0.1) is 29.3 Å². The molecular formula is C23H23N3O. The van der Waals surface area contributed by atoms with Gasteiger partial charge < -0.3 is 0 Å². The van der Waals surface area contributed by atoms with Crippen molar-refractivity contribution in [2.24, 2.45) is 0 Å². The first-order chi connectivity index (χ1) is 13.0. The van der Waals surface area contributed by atoms with Crippen LogP contribution in [-0.2, 0) is 13.1 Å². The summed E-state index contributed by atoms with van der Waals surface area (Å²) in [7, 11) is 2.13. The number of allylic oxidation sites excluding steroid dienone is 2. The number of hydrogen-bond acceptors (Lipinski definition) is 3. The number of benzene rings is 2. The van der Waals surface area contributed by atoms with Crippen LogP contribution < -0.4 is 5.56 Å². The average Bonchev–Trinajstić information content (AvgIpc) is 3.07. The topological polar surface area (TPSA) is 38.1 Å². The SMILES string of the molecule is CN(Cc1ccccc1)C1(C)C=CC(Cn2cnc3ccccc3c2=O)=C1. The third kappa shape index (κ3) is 3.49. The van der Waals surface area contributed by atoms with Gasteiger partial charge in [-0.05, 0) is 37.2 Å². The number of nitrogens with zero attached hydrogens (tertiary/aromatic N) is 3. The lowest BCUT2D eigenvalue weighted by molar-refractivity contribution is 0.225. The Morgan fingerprint density at radius 3 is 2.63 bits per heavy atom. The smallest absolute Gasteiger partial charge is 0.261 e. The second-order valence-electron chi connectivity index (χ2n) is 7.31. The van der Waals surface area contributed by atoms with Crippen LogP contribution in [0.15, 0.2) is 89.5 Å². The highest BCUT2D eigenvalue weighted by Gasteiger charge is 2.28. The fraction of sp³-hybridized carbons (Fsp3) is 0.217. The van der Waals surface area contributed by atoms with Crippen LogP contribution in [0.4, 0.5) is 0 Å². The van der Waals surface area contributed by atoms with E-state index in [-0.39, 0.29) is 11.1 Å². The number of fused-ring (bicyclic) bond motifs is 1. The van der Waals surface area contributed by atoms with E-state index < -0.39 is 0 Å². The van der Waals surface area contributed by atoms with Crippen LogP contribution in [0, 0.1) is 0 Å². The third-order valence-corrected chi connectivity index (χ3v) is 5.28. The van der Waals surface area contributed by atoms with E-state index in [4.69, 9.17) is 0 Å². The molecular weight excluding hydrogens is 334 g/mol. The van der Waals surface area contributed by atoms with Crippen molar-refractivity contribution < 1.29 is 0 Å². The first-order valence-corrected chi connectivity index (χ1v) is 9.15. The Labute approximate surface area is 159 Å². The monoisotopic (exact) mass is 357 g/mol. The molecule has 3 aromatic rings. The Kier molecular flexibility index (Phi) is 4.50. The minimum absolute atomic E-state index is 0.00106. The lowest BCUT2D eigenvalue weighted by Crippen LogP contribution is -2.39. The van der Waals surface area contributed by atoms with E-state index >= 15 is 0 Å². The molecule has 0 spiro atoms. The molecule has 1 aliphatic carbocycles. The Bertz CT molecular complexity index is 1080. The Balaban J connectivity index is 1.55. The quantitative estimate of drug-likeness (QED) is 0.697. The molecule has 0 saturated heterocycles. The molecule has 1 unspecified atom stereocenters. The Morgan fingerprint density at radius 2 is 1.81 bits per heavy atom. The van der Waals surface area contributed by atoms with E-state index in [9.17, 15) is 4.79 Å². The van der Waals surface area contributed by atoms with Crippen LogP contribution in [0.3, 0.4) is 0 Å². The molecule has 1 aromatic heterocycles. The summed E-state index contributed by atoms with van der Waals surface area (Å²) in [6, 6.07) is 17.9. The number of para-hydroxylation sites is 1. The van der Waals surface area contributed by atoms with Crippen molar-refractivity contribution in [3.05, 3.63) is 101 Å². The van der Waals surface area contributed by atoms with Crippen LogP contribution in [0.25, 0.3) is 10.9 Å². The predicted octanol–water partition coefficient (Wildman–Crippen LogP) is 3.78. The van der Waals surface area contributed by atoms with Crippen LogP contribution in [0.5, 0.6) is 0 Å². The van der Waals surface area contributed by atoms with Crippen molar-refractivity contribution in [1.82, 2.24) is 14.5 Å². The largest absolute Gasteiger partial charge is 0.294 e. The molecule has 1 heterocycles. The highest BCUT2D eigenvalue weighted by atomic mass is 16.1. The van der Waals surface area contributed by atoms with Crippen molar-refractivity contribution in [3.8, 4) is 0 Å². The number of hydrogen-bond donors (Lipinski definition) is 0. The summed E-state index contributed by atoms with van der Waals surface area (Å²) in [5.41, 5.74) is 2.98. The van der Waals surface area contributed by atoms with Gasteiger partial charge in [-0.3, -0.25) is 14.3 Å². The maximum Gasteiger partial charge on any atom is 0.261 e. The molecule has 0 bridgehead atoms. The van der Waals surface area contributed by atoms with Gasteiger partial charge in [0.15, 0.2) is 0 Å². The van der Waals surface area contributed by atoms with E-state index in [1.807, 2.05) is 30.3 Å². The van der Waals surface area contributed by atoms with Gasteiger partial charge in [-0.15, -0.1) is 0 Å². The molecule has 1 atom stereocenters. The van der Waals surface area contributed by atoms with Crippen LogP contribution in [-0.4, -0.2) is 27.0 Å². The Morgan fingerprint density at radius 1 is 1.07 bits per heavy atom. The van der Waals surface area contributed by atoms with Gasteiger partial charge in [0, 0.05) is 6.54 Å². The van der Waals surface area contributed by atoms with Crippen LogP contribution in [0.2, 0.25) is 0 Å². The number of likely N-dealkylation sites (N-methyl/N-ethyl adjacent to an activating group) is 1. The number of aromatic nitrogens is 2. The average molecular weight is 357 g/mol. The first-order valence-electron chi connectivity index (χ1n) is 9.15. The molecule has 0 radical (unpaired) electrons. The molecule has 0 aliphatic heterocycles. The molecule has 0 saturated carbocycles. The maximum atomic E-state index is 12.7. The first kappa shape index (κ1) is 17.4. The lowest BCUT2D eigenvalue weighted by Gasteiger charge is -2.32. The summed E-state index contributed by atoms with van der Waals surface area (Å²) in [6.07, 6.45) is 8.19. The minimum atomic E-state index is -0.168. The molecule has 27 heavy (non-hydrogen) atoms.